The lowest BCUT2D eigenvalue weighted by atomic mass is 10.1. The predicted molar refractivity (Wildman–Crippen MR) is 101 cm³/mol. The van der Waals surface area contributed by atoms with Gasteiger partial charge in [-0.2, -0.15) is 17.5 Å². The van der Waals surface area contributed by atoms with Gasteiger partial charge in [-0.25, -0.2) is 8.42 Å². The Kier molecular flexibility index (Phi) is 8.78. The quantitative estimate of drug-likeness (QED) is 0.350. The van der Waals surface area contributed by atoms with Crippen LogP contribution in [0.25, 0.3) is 0 Å². The van der Waals surface area contributed by atoms with Crippen LogP contribution in [0.2, 0.25) is 0 Å². The number of alkyl halides is 3. The van der Waals surface area contributed by atoms with Crippen molar-refractivity contribution in [2.75, 3.05) is 59.0 Å². The van der Waals surface area contributed by atoms with Crippen molar-refractivity contribution in [3.05, 3.63) is 0 Å². The van der Waals surface area contributed by atoms with Crippen LogP contribution in [0.4, 0.5) is 13.2 Å². The van der Waals surface area contributed by atoms with E-state index in [1.54, 1.807) is 0 Å². The predicted octanol–water partition coefficient (Wildman–Crippen LogP) is 0.578. The van der Waals surface area contributed by atoms with Gasteiger partial charge in [-0.3, -0.25) is 9.89 Å². The molecule has 2 N–H and O–H groups in total. The van der Waals surface area contributed by atoms with Gasteiger partial charge in [-0.05, 0) is 26.2 Å². The third-order valence-corrected chi connectivity index (χ3v) is 6.41. The zero-order valence-corrected chi connectivity index (χ0v) is 17.0. The number of halogens is 3. The van der Waals surface area contributed by atoms with Gasteiger partial charge in [0.15, 0.2) is 5.96 Å². The van der Waals surface area contributed by atoms with Gasteiger partial charge < -0.3 is 15.4 Å². The number of nitrogens with one attached hydrogen (secondary N) is 2. The summed E-state index contributed by atoms with van der Waals surface area (Å²) in [4.78, 5) is 6.85. The molecule has 164 valence electrons. The monoisotopic (exact) mass is 429 g/mol. The number of ether oxygens (including phenoxy) is 1. The zero-order valence-electron chi connectivity index (χ0n) is 16.2. The zero-order chi connectivity index (χ0) is 20.6. The van der Waals surface area contributed by atoms with E-state index in [0.29, 0.717) is 36.2 Å². The lowest BCUT2D eigenvalue weighted by molar-refractivity contribution is -0.0494. The average molecular weight is 430 g/mol. The Morgan fingerprint density at radius 2 is 1.82 bits per heavy atom. The Morgan fingerprint density at radius 1 is 1.18 bits per heavy atom. The normalized spacial score (nSPS) is 21.6. The Balaban J connectivity index is 1.77. The first kappa shape index (κ1) is 23.2. The molecule has 2 aliphatic heterocycles. The molecule has 2 heterocycles. The van der Waals surface area contributed by atoms with Gasteiger partial charge in [-0.1, -0.05) is 0 Å². The van der Waals surface area contributed by atoms with E-state index in [1.165, 1.54) is 0 Å². The van der Waals surface area contributed by atoms with E-state index >= 15 is 0 Å². The van der Waals surface area contributed by atoms with Crippen LogP contribution in [-0.2, 0) is 14.8 Å². The molecule has 0 bridgehead atoms. The number of rotatable bonds is 7. The number of hydrogen-bond donors (Lipinski definition) is 2. The second-order valence-corrected chi connectivity index (χ2v) is 8.77. The van der Waals surface area contributed by atoms with Gasteiger partial charge in [0.25, 0.3) is 0 Å². The summed E-state index contributed by atoms with van der Waals surface area (Å²) in [6.45, 7) is 7.25. The first-order chi connectivity index (χ1) is 13.2. The van der Waals surface area contributed by atoms with Gasteiger partial charge in [0.2, 0.25) is 0 Å². The molecular formula is C16H30F3N5O3S. The standard InChI is InChI=1S/C16H30F3N5O3S/c1-2-20-15(21-6-3-7-23-10-12-27-13-11-23)22-14-4-8-24(9-5-14)28(25,26)16(17,18)19/h14H,2-13H2,1H3,(H2,20,21,22). The van der Waals surface area contributed by atoms with Crippen LogP contribution in [0.15, 0.2) is 4.99 Å². The maximum absolute atomic E-state index is 12.6. The van der Waals surface area contributed by atoms with Gasteiger partial charge in [-0.15, -0.1) is 0 Å². The molecule has 0 spiro atoms. The van der Waals surface area contributed by atoms with Gasteiger partial charge in [0, 0.05) is 51.9 Å². The summed E-state index contributed by atoms with van der Waals surface area (Å²) in [6.07, 6.45) is 1.50. The van der Waals surface area contributed by atoms with Crippen molar-refractivity contribution < 1.29 is 26.3 Å². The molecule has 0 saturated carbocycles. The maximum Gasteiger partial charge on any atom is 0.511 e. The average Bonchev–Trinajstić information content (AvgIpc) is 2.66. The number of sulfonamides is 1. The van der Waals surface area contributed by atoms with Crippen LogP contribution in [0.3, 0.4) is 0 Å². The van der Waals surface area contributed by atoms with E-state index in [-0.39, 0.29) is 19.1 Å². The minimum absolute atomic E-state index is 0.114. The van der Waals surface area contributed by atoms with Crippen LogP contribution < -0.4 is 10.6 Å². The van der Waals surface area contributed by atoms with E-state index in [2.05, 4.69) is 20.5 Å². The highest BCUT2D eigenvalue weighted by atomic mass is 32.2. The minimum Gasteiger partial charge on any atom is -0.379 e. The number of guanidine groups is 1. The molecule has 0 atom stereocenters. The summed E-state index contributed by atoms with van der Waals surface area (Å²) in [5.74, 6) is 0.613. The van der Waals surface area contributed by atoms with E-state index in [0.717, 1.165) is 39.3 Å². The van der Waals surface area contributed by atoms with Crippen molar-refractivity contribution in [1.29, 1.82) is 0 Å². The number of hydrogen-bond acceptors (Lipinski definition) is 5. The highest BCUT2D eigenvalue weighted by Crippen LogP contribution is 2.28. The molecule has 0 aromatic heterocycles. The third kappa shape index (κ3) is 6.75. The van der Waals surface area contributed by atoms with Crippen LogP contribution in [0, 0.1) is 0 Å². The van der Waals surface area contributed by atoms with Gasteiger partial charge in [0.05, 0.1) is 13.2 Å². The summed E-state index contributed by atoms with van der Waals surface area (Å²) in [5, 5.41) is 6.34. The molecule has 28 heavy (non-hydrogen) atoms. The minimum atomic E-state index is -5.25. The Bertz CT molecular complexity index is 601. The van der Waals surface area contributed by atoms with Crippen LogP contribution in [0.1, 0.15) is 26.2 Å². The molecule has 2 rings (SSSR count). The molecule has 0 unspecified atom stereocenters. The molecule has 0 radical (unpaired) electrons. The first-order valence-corrected chi connectivity index (χ1v) is 11.1. The summed E-state index contributed by atoms with van der Waals surface area (Å²) in [5.41, 5.74) is -5.25. The fourth-order valence-electron chi connectivity index (χ4n) is 3.21. The molecule has 8 nitrogen and oxygen atoms in total. The number of aliphatic imine (C=N–C) groups is 1. The fourth-order valence-corrected chi connectivity index (χ4v) is 4.19. The first-order valence-electron chi connectivity index (χ1n) is 9.65. The molecule has 2 saturated heterocycles. The number of piperidine rings is 1. The summed E-state index contributed by atoms with van der Waals surface area (Å²) >= 11 is 0. The summed E-state index contributed by atoms with van der Waals surface area (Å²) in [7, 11) is -5.24. The molecule has 2 fully saturated rings. The van der Waals surface area contributed by atoms with E-state index in [4.69, 9.17) is 4.74 Å². The SMILES string of the molecule is CCNC(=NCCCN1CCOCC1)NC1CCN(S(=O)(=O)C(F)(F)F)CC1. The van der Waals surface area contributed by atoms with Crippen LogP contribution in [-0.4, -0.2) is 94.2 Å². The van der Waals surface area contributed by atoms with Crippen LogP contribution in [0.5, 0.6) is 0 Å². The second-order valence-electron chi connectivity index (χ2n) is 6.84. The number of morpholine rings is 1. The molecule has 0 aromatic carbocycles. The molecule has 2 aliphatic rings. The second kappa shape index (κ2) is 10.6. The summed E-state index contributed by atoms with van der Waals surface area (Å²) < 4.78 is 66.7. The lowest BCUT2D eigenvalue weighted by Gasteiger charge is -2.32. The summed E-state index contributed by atoms with van der Waals surface area (Å²) in [6, 6.07) is -0.114. The molecule has 0 aromatic rings. The van der Waals surface area contributed by atoms with Crippen molar-refractivity contribution >= 4 is 16.0 Å². The molecule has 0 aliphatic carbocycles. The van der Waals surface area contributed by atoms with Gasteiger partial charge >= 0.3 is 15.5 Å². The smallest absolute Gasteiger partial charge is 0.379 e. The van der Waals surface area contributed by atoms with Crippen molar-refractivity contribution in [2.45, 2.75) is 37.7 Å². The van der Waals surface area contributed by atoms with Crippen LogP contribution >= 0.6 is 0 Å². The largest absolute Gasteiger partial charge is 0.511 e. The Hall–Kier alpha value is -1.11. The Morgan fingerprint density at radius 3 is 2.39 bits per heavy atom. The molecular weight excluding hydrogens is 399 g/mol. The van der Waals surface area contributed by atoms with E-state index in [9.17, 15) is 21.6 Å². The highest BCUT2D eigenvalue weighted by Gasteiger charge is 2.50. The lowest BCUT2D eigenvalue weighted by Crippen LogP contribution is -2.51. The fraction of sp³-hybridized carbons (Fsp3) is 0.938. The third-order valence-electron chi connectivity index (χ3n) is 4.78. The number of nitrogens with zero attached hydrogens (tertiary/aromatic N) is 3. The highest BCUT2D eigenvalue weighted by molar-refractivity contribution is 7.90. The van der Waals surface area contributed by atoms with Crippen molar-refractivity contribution in [3.63, 3.8) is 0 Å². The van der Waals surface area contributed by atoms with Crippen molar-refractivity contribution in [3.8, 4) is 0 Å². The van der Waals surface area contributed by atoms with Crippen molar-refractivity contribution in [1.82, 2.24) is 19.8 Å². The Labute approximate surface area is 164 Å². The topological polar surface area (TPSA) is 86.3 Å². The van der Waals surface area contributed by atoms with Crippen molar-refractivity contribution in [2.24, 2.45) is 4.99 Å². The van der Waals surface area contributed by atoms with E-state index in [1.807, 2.05) is 6.92 Å². The van der Waals surface area contributed by atoms with Gasteiger partial charge in [0.1, 0.15) is 0 Å². The maximum atomic E-state index is 12.6. The van der Waals surface area contributed by atoms with E-state index < -0.39 is 15.5 Å². The molecule has 12 heteroatoms. The molecule has 0 amide bonds.